The predicted octanol–water partition coefficient (Wildman–Crippen LogP) is 6.15. The van der Waals surface area contributed by atoms with Crippen LogP contribution < -0.4 is 4.90 Å². The highest BCUT2D eigenvalue weighted by Gasteiger charge is 2.17. The molecule has 0 radical (unpaired) electrons. The molecule has 0 fully saturated rings. The van der Waals surface area contributed by atoms with E-state index in [2.05, 4.69) is 16.5 Å². The molecule has 1 heterocycles. The molecule has 0 atom stereocenters. The molecule has 0 saturated heterocycles. The molecule has 3 rings (SSSR count). The maximum atomic E-state index is 12.7. The maximum absolute atomic E-state index is 12.7. The number of fused-ring (bicyclic) bond motifs is 1. The van der Waals surface area contributed by atoms with E-state index in [0.29, 0.717) is 15.6 Å². The van der Waals surface area contributed by atoms with E-state index in [1.807, 2.05) is 49.3 Å². The maximum Gasteiger partial charge on any atom is 0.175 e. The van der Waals surface area contributed by atoms with Gasteiger partial charge in [0.2, 0.25) is 0 Å². The Morgan fingerprint density at radius 2 is 1.84 bits per heavy atom. The lowest BCUT2D eigenvalue weighted by Crippen LogP contribution is -2.12. The van der Waals surface area contributed by atoms with Gasteiger partial charge in [-0.15, -0.1) is 0 Å². The summed E-state index contributed by atoms with van der Waals surface area (Å²) in [5.74, 6) is -0.0886. The Morgan fingerprint density at radius 1 is 1.16 bits per heavy atom. The molecule has 2 aromatic carbocycles. The topological polar surface area (TPSA) is 25.4 Å². The average molecular weight is 377 g/mol. The second-order valence-corrected chi connectivity index (χ2v) is 6.65. The molecule has 0 amide bonds. The molecule has 3 aromatic rings. The van der Waals surface area contributed by atoms with Crippen molar-refractivity contribution >= 4 is 45.6 Å². The highest BCUT2D eigenvalue weighted by atomic mass is 35.5. The van der Waals surface area contributed by atoms with Gasteiger partial charge in [-0.25, -0.2) is 0 Å². The van der Waals surface area contributed by atoms with Crippen molar-refractivity contribution in [3.05, 3.63) is 64.8 Å². The van der Waals surface area contributed by atoms with Crippen LogP contribution in [0, 0.1) is 0 Å². The molecule has 0 aliphatic rings. The number of hydrogen-bond acceptors (Lipinski definition) is 3. The minimum atomic E-state index is -0.0886. The zero-order valence-corrected chi connectivity index (χ0v) is 15.2. The summed E-state index contributed by atoms with van der Waals surface area (Å²) in [5, 5.41) is 1.93. The van der Waals surface area contributed by atoms with Gasteiger partial charge in [0, 0.05) is 45.8 Å². The van der Waals surface area contributed by atoms with Crippen molar-refractivity contribution in [3.63, 3.8) is 0 Å². The van der Waals surface area contributed by atoms with E-state index in [9.17, 15) is 4.53 Å². The Hall–Kier alpha value is -2.30. The van der Waals surface area contributed by atoms with Crippen LogP contribution in [0.15, 0.2) is 49.2 Å². The van der Waals surface area contributed by atoms with E-state index in [1.54, 1.807) is 12.3 Å². The fourth-order valence-electron chi connectivity index (χ4n) is 2.88. The van der Waals surface area contributed by atoms with Gasteiger partial charge in [-0.3, -0.25) is 9.93 Å². The van der Waals surface area contributed by atoms with Gasteiger partial charge in [0.15, 0.2) is 5.76 Å². The normalized spacial score (nSPS) is 10.8. The van der Waals surface area contributed by atoms with Crippen LogP contribution in [0.4, 0.5) is 10.2 Å². The van der Waals surface area contributed by atoms with Gasteiger partial charge in [0.25, 0.3) is 0 Å². The molecule has 0 aliphatic heterocycles. The summed E-state index contributed by atoms with van der Waals surface area (Å²) in [7, 11) is 3.74. The van der Waals surface area contributed by atoms with Gasteiger partial charge in [-0.2, -0.15) is 0 Å². The summed E-state index contributed by atoms with van der Waals surface area (Å²) in [4.78, 5) is 10.2. The molecule has 0 N–H and O–H groups in total. The molecule has 0 unspecified atom stereocenters. The highest BCUT2D eigenvalue weighted by molar-refractivity contribution is 6.35. The van der Waals surface area contributed by atoms with Gasteiger partial charge in [0.05, 0.1) is 16.8 Å². The van der Waals surface area contributed by atoms with E-state index in [1.165, 1.54) is 0 Å². The summed E-state index contributed by atoms with van der Waals surface area (Å²) < 4.78 is 12.7. The summed E-state index contributed by atoms with van der Waals surface area (Å²) in [6, 6.07) is 11.1. The fourth-order valence-corrected chi connectivity index (χ4v) is 3.40. The largest absolute Gasteiger partial charge is 0.376 e. The number of benzene rings is 2. The van der Waals surface area contributed by atoms with Crippen LogP contribution in [-0.2, 0) is 4.94 Å². The number of anilines is 1. The number of nitrogens with zero attached hydrogens (tertiary/aromatic N) is 2. The molecular weight excluding hydrogens is 362 g/mol. The second kappa shape index (κ2) is 6.90. The molecule has 3 nitrogen and oxygen atoms in total. The Kier molecular flexibility index (Phi) is 4.84. The summed E-state index contributed by atoms with van der Waals surface area (Å²) >= 11 is 12.3. The average Bonchev–Trinajstić information content (AvgIpc) is 2.58. The molecule has 0 bridgehead atoms. The Morgan fingerprint density at radius 3 is 2.44 bits per heavy atom. The van der Waals surface area contributed by atoms with Gasteiger partial charge in [-0.05, 0) is 23.8 Å². The predicted molar refractivity (Wildman–Crippen MR) is 103 cm³/mol. The quantitative estimate of drug-likeness (QED) is 0.510. The van der Waals surface area contributed by atoms with Crippen molar-refractivity contribution in [1.82, 2.24) is 4.98 Å². The number of rotatable bonds is 4. The Bertz CT molecular complexity index is 953. The smallest absolute Gasteiger partial charge is 0.175 e. The van der Waals surface area contributed by atoms with Gasteiger partial charge < -0.3 is 4.90 Å². The van der Waals surface area contributed by atoms with Crippen molar-refractivity contribution in [2.75, 3.05) is 19.0 Å². The molecule has 128 valence electrons. The SMILES string of the molecule is C=C(OF)c1cnc2c(-c3cc(Cl)cc(Cl)c3)cccc2c1N(C)C. The summed E-state index contributed by atoms with van der Waals surface area (Å²) in [6.45, 7) is 3.60. The molecule has 1 aromatic heterocycles. The van der Waals surface area contributed by atoms with Crippen LogP contribution in [-0.4, -0.2) is 19.1 Å². The third-order valence-electron chi connectivity index (χ3n) is 3.88. The van der Waals surface area contributed by atoms with Gasteiger partial charge in [-0.1, -0.05) is 48.0 Å². The molecule has 6 heteroatoms. The summed E-state index contributed by atoms with van der Waals surface area (Å²) in [6.07, 6.45) is 1.55. The first-order valence-corrected chi connectivity index (χ1v) is 8.21. The van der Waals surface area contributed by atoms with Crippen LogP contribution in [0.5, 0.6) is 0 Å². The first-order chi connectivity index (χ1) is 11.9. The first kappa shape index (κ1) is 17.5. The standard InChI is InChI=1S/C19H15Cl2FN2O/c1-11(25-22)17-10-23-18-15(12-7-13(20)9-14(21)8-12)5-4-6-16(18)19(17)24(2)3/h4-10H,1H2,2-3H3. The van der Waals surface area contributed by atoms with Crippen molar-refractivity contribution < 1.29 is 9.47 Å². The van der Waals surface area contributed by atoms with Crippen LogP contribution in [0.1, 0.15) is 5.56 Å². The van der Waals surface area contributed by atoms with Crippen molar-refractivity contribution in [2.45, 2.75) is 0 Å². The Balaban J connectivity index is 2.34. The van der Waals surface area contributed by atoms with Gasteiger partial charge in [0.1, 0.15) is 0 Å². The third kappa shape index (κ3) is 3.28. The molecule has 0 saturated carbocycles. The first-order valence-electron chi connectivity index (χ1n) is 7.45. The molecular formula is C19H15Cl2FN2O. The number of hydrogen-bond donors (Lipinski definition) is 0. The lowest BCUT2D eigenvalue weighted by molar-refractivity contribution is -0.0416. The van der Waals surface area contributed by atoms with Crippen LogP contribution in [0.3, 0.4) is 0 Å². The molecule has 0 spiro atoms. The number of para-hydroxylation sites is 1. The second-order valence-electron chi connectivity index (χ2n) is 5.78. The molecule has 0 aliphatic carbocycles. The number of halogens is 3. The van der Waals surface area contributed by atoms with Crippen LogP contribution in [0.25, 0.3) is 27.8 Å². The van der Waals surface area contributed by atoms with Crippen molar-refractivity contribution in [2.24, 2.45) is 0 Å². The number of pyridine rings is 1. The lowest BCUT2D eigenvalue weighted by Gasteiger charge is -2.20. The fraction of sp³-hybridized carbons (Fsp3) is 0.105. The van der Waals surface area contributed by atoms with E-state index in [0.717, 1.165) is 27.7 Å². The molecule has 25 heavy (non-hydrogen) atoms. The lowest BCUT2D eigenvalue weighted by atomic mass is 9.99. The number of aromatic nitrogens is 1. The van der Waals surface area contributed by atoms with Crippen molar-refractivity contribution in [1.29, 1.82) is 0 Å². The van der Waals surface area contributed by atoms with E-state index >= 15 is 0 Å². The van der Waals surface area contributed by atoms with Crippen LogP contribution in [0.2, 0.25) is 10.0 Å². The summed E-state index contributed by atoms with van der Waals surface area (Å²) in [5.41, 5.74) is 3.74. The minimum absolute atomic E-state index is 0.0886. The van der Waals surface area contributed by atoms with E-state index in [4.69, 9.17) is 23.2 Å². The zero-order valence-electron chi connectivity index (χ0n) is 13.7. The van der Waals surface area contributed by atoms with E-state index in [-0.39, 0.29) is 5.76 Å². The van der Waals surface area contributed by atoms with E-state index < -0.39 is 0 Å². The zero-order chi connectivity index (χ0) is 18.1. The monoisotopic (exact) mass is 376 g/mol. The third-order valence-corrected chi connectivity index (χ3v) is 4.32. The van der Waals surface area contributed by atoms with Crippen LogP contribution >= 0.6 is 23.2 Å². The van der Waals surface area contributed by atoms with Crippen molar-refractivity contribution in [3.8, 4) is 11.1 Å². The van der Waals surface area contributed by atoms with Gasteiger partial charge >= 0.3 is 0 Å². The Labute approximate surface area is 155 Å². The highest BCUT2D eigenvalue weighted by Crippen LogP contribution is 2.38. The minimum Gasteiger partial charge on any atom is -0.376 e.